The molecule has 2 amide bonds. The standard InChI is InChI=1S/C11H10BrClN2O2S/c1-5-2-6(12)8(3-7(5)13)14-10(16)9-4-18-11(17)15-9/h2-3,9H,4H2,1H3,(H,14,16)(H,15,17). The van der Waals surface area contributed by atoms with E-state index in [9.17, 15) is 9.59 Å². The molecule has 1 aromatic carbocycles. The normalized spacial score (nSPS) is 18.6. The number of benzene rings is 1. The van der Waals surface area contributed by atoms with Crippen LogP contribution in [0.3, 0.4) is 0 Å². The summed E-state index contributed by atoms with van der Waals surface area (Å²) < 4.78 is 0.759. The molecule has 1 unspecified atom stereocenters. The van der Waals surface area contributed by atoms with E-state index in [-0.39, 0.29) is 11.1 Å². The van der Waals surface area contributed by atoms with Gasteiger partial charge in [-0.15, -0.1) is 0 Å². The highest BCUT2D eigenvalue weighted by atomic mass is 79.9. The van der Waals surface area contributed by atoms with Crippen molar-refractivity contribution in [1.29, 1.82) is 0 Å². The zero-order chi connectivity index (χ0) is 13.3. The molecule has 4 nitrogen and oxygen atoms in total. The Balaban J connectivity index is 2.12. The molecule has 1 aliphatic rings. The lowest BCUT2D eigenvalue weighted by molar-refractivity contribution is -0.117. The molecule has 1 heterocycles. The maximum absolute atomic E-state index is 11.9. The number of carbonyl (C=O) groups is 2. The highest BCUT2D eigenvalue weighted by Gasteiger charge is 2.28. The molecule has 0 spiro atoms. The number of anilines is 1. The highest BCUT2D eigenvalue weighted by Crippen LogP contribution is 2.29. The van der Waals surface area contributed by atoms with Crippen LogP contribution >= 0.6 is 39.3 Å². The van der Waals surface area contributed by atoms with Crippen LogP contribution in [0, 0.1) is 6.92 Å². The summed E-state index contributed by atoms with van der Waals surface area (Å²) in [5.74, 6) is 0.205. The minimum absolute atomic E-state index is 0.170. The van der Waals surface area contributed by atoms with E-state index in [4.69, 9.17) is 11.6 Å². The monoisotopic (exact) mass is 348 g/mol. The van der Waals surface area contributed by atoms with Gasteiger partial charge >= 0.3 is 0 Å². The Kier molecular flexibility index (Phi) is 4.19. The first-order valence-electron chi connectivity index (χ1n) is 5.17. The quantitative estimate of drug-likeness (QED) is 0.862. The predicted molar refractivity (Wildman–Crippen MR) is 77.3 cm³/mol. The number of carbonyl (C=O) groups excluding carboxylic acids is 2. The molecule has 0 bridgehead atoms. The second kappa shape index (κ2) is 5.50. The molecule has 1 aromatic rings. The number of thioether (sulfide) groups is 1. The smallest absolute Gasteiger partial charge is 0.279 e. The van der Waals surface area contributed by atoms with Crippen LogP contribution in [-0.4, -0.2) is 22.9 Å². The number of halogens is 2. The number of hydrogen-bond donors (Lipinski definition) is 2. The van der Waals surface area contributed by atoms with Crippen molar-refractivity contribution in [2.75, 3.05) is 11.1 Å². The summed E-state index contributed by atoms with van der Waals surface area (Å²) in [6.45, 7) is 1.88. The van der Waals surface area contributed by atoms with Gasteiger partial charge < -0.3 is 10.6 Å². The Morgan fingerprint density at radius 3 is 2.94 bits per heavy atom. The van der Waals surface area contributed by atoms with Gasteiger partial charge in [-0.25, -0.2) is 0 Å². The van der Waals surface area contributed by atoms with E-state index < -0.39 is 6.04 Å². The van der Waals surface area contributed by atoms with Crippen LogP contribution in [0.1, 0.15) is 5.56 Å². The molecule has 1 aliphatic heterocycles. The van der Waals surface area contributed by atoms with E-state index in [1.54, 1.807) is 6.07 Å². The third-order valence-corrected chi connectivity index (χ3v) is 4.44. The zero-order valence-electron chi connectivity index (χ0n) is 9.42. The van der Waals surface area contributed by atoms with E-state index in [1.807, 2.05) is 13.0 Å². The molecule has 2 N–H and O–H groups in total. The van der Waals surface area contributed by atoms with Crippen molar-refractivity contribution >= 4 is 56.1 Å². The molecule has 18 heavy (non-hydrogen) atoms. The molecule has 96 valence electrons. The molecule has 0 aromatic heterocycles. The van der Waals surface area contributed by atoms with Crippen LogP contribution in [0.15, 0.2) is 16.6 Å². The summed E-state index contributed by atoms with van der Waals surface area (Å²) in [4.78, 5) is 22.9. The summed E-state index contributed by atoms with van der Waals surface area (Å²) in [6.07, 6.45) is 0. The van der Waals surface area contributed by atoms with Crippen LogP contribution < -0.4 is 10.6 Å². The first-order chi connectivity index (χ1) is 8.47. The van der Waals surface area contributed by atoms with E-state index in [1.165, 1.54) is 0 Å². The van der Waals surface area contributed by atoms with Gasteiger partial charge in [-0.3, -0.25) is 9.59 Å². The molecule has 0 aliphatic carbocycles. The summed E-state index contributed by atoms with van der Waals surface area (Å²) in [7, 11) is 0. The maximum atomic E-state index is 11.9. The first kappa shape index (κ1) is 13.7. The van der Waals surface area contributed by atoms with E-state index >= 15 is 0 Å². The number of hydrogen-bond acceptors (Lipinski definition) is 3. The Morgan fingerprint density at radius 2 is 2.33 bits per heavy atom. The van der Waals surface area contributed by atoms with Crippen LogP contribution in [0.4, 0.5) is 10.5 Å². The molecular weight excluding hydrogens is 340 g/mol. The fourth-order valence-corrected chi connectivity index (χ4v) is 2.99. The van der Waals surface area contributed by atoms with Gasteiger partial charge in [0.2, 0.25) is 5.91 Å². The summed E-state index contributed by atoms with van der Waals surface area (Å²) >= 11 is 10.5. The Hall–Kier alpha value is -0.720. The van der Waals surface area contributed by atoms with Gasteiger partial charge in [0.05, 0.1) is 5.69 Å². The van der Waals surface area contributed by atoms with Crippen molar-refractivity contribution in [1.82, 2.24) is 5.32 Å². The number of nitrogens with one attached hydrogen (secondary N) is 2. The molecule has 0 saturated carbocycles. The Bertz CT molecular complexity index is 524. The number of amides is 2. The van der Waals surface area contributed by atoms with Crippen molar-refractivity contribution in [2.24, 2.45) is 0 Å². The van der Waals surface area contributed by atoms with E-state index in [0.29, 0.717) is 16.5 Å². The first-order valence-corrected chi connectivity index (χ1v) is 7.33. The minimum atomic E-state index is -0.491. The fraction of sp³-hybridized carbons (Fsp3) is 0.273. The fourth-order valence-electron chi connectivity index (χ4n) is 1.49. The van der Waals surface area contributed by atoms with Crippen LogP contribution in [0.5, 0.6) is 0 Å². The summed E-state index contributed by atoms with van der Waals surface area (Å²) in [6, 6.07) is 3.03. The van der Waals surface area contributed by atoms with Gasteiger partial charge in [-0.05, 0) is 40.5 Å². The third kappa shape index (κ3) is 2.99. The summed E-state index contributed by atoms with van der Waals surface area (Å²) in [5, 5.41) is 5.74. The second-order valence-electron chi connectivity index (χ2n) is 3.87. The molecular formula is C11H10BrClN2O2S. The lowest BCUT2D eigenvalue weighted by Crippen LogP contribution is -2.38. The van der Waals surface area contributed by atoms with Gasteiger partial charge in [-0.1, -0.05) is 23.4 Å². The van der Waals surface area contributed by atoms with Gasteiger partial charge in [-0.2, -0.15) is 0 Å². The predicted octanol–water partition coefficient (Wildman–Crippen LogP) is 3.17. The second-order valence-corrected chi connectivity index (χ2v) is 6.12. The van der Waals surface area contributed by atoms with E-state index in [2.05, 4.69) is 26.6 Å². The molecule has 0 radical (unpaired) electrons. The average molecular weight is 350 g/mol. The lowest BCUT2D eigenvalue weighted by Gasteiger charge is -2.12. The molecule has 1 fully saturated rings. The highest BCUT2D eigenvalue weighted by molar-refractivity contribution is 9.10. The van der Waals surface area contributed by atoms with Crippen molar-refractivity contribution in [3.63, 3.8) is 0 Å². The molecule has 1 saturated heterocycles. The average Bonchev–Trinajstić information content (AvgIpc) is 2.73. The lowest BCUT2D eigenvalue weighted by atomic mass is 10.2. The Labute approximate surface area is 122 Å². The Morgan fingerprint density at radius 1 is 1.61 bits per heavy atom. The van der Waals surface area contributed by atoms with Gasteiger partial charge in [0, 0.05) is 15.2 Å². The van der Waals surface area contributed by atoms with Crippen molar-refractivity contribution in [2.45, 2.75) is 13.0 Å². The summed E-state index contributed by atoms with van der Waals surface area (Å²) in [5.41, 5.74) is 1.52. The molecule has 7 heteroatoms. The van der Waals surface area contributed by atoms with Gasteiger partial charge in [0.25, 0.3) is 5.24 Å². The number of aryl methyl sites for hydroxylation is 1. The molecule has 2 rings (SSSR count). The van der Waals surface area contributed by atoms with Gasteiger partial charge in [0.1, 0.15) is 6.04 Å². The van der Waals surface area contributed by atoms with Crippen molar-refractivity contribution < 1.29 is 9.59 Å². The van der Waals surface area contributed by atoms with Crippen molar-refractivity contribution in [3.8, 4) is 0 Å². The van der Waals surface area contributed by atoms with Crippen LogP contribution in [0.25, 0.3) is 0 Å². The van der Waals surface area contributed by atoms with Crippen molar-refractivity contribution in [3.05, 3.63) is 27.2 Å². The topological polar surface area (TPSA) is 58.2 Å². The van der Waals surface area contributed by atoms with Gasteiger partial charge in [0.15, 0.2) is 0 Å². The molecule has 1 atom stereocenters. The minimum Gasteiger partial charge on any atom is -0.334 e. The van der Waals surface area contributed by atoms with Crippen LogP contribution in [0.2, 0.25) is 5.02 Å². The largest absolute Gasteiger partial charge is 0.334 e. The zero-order valence-corrected chi connectivity index (χ0v) is 12.6. The SMILES string of the molecule is Cc1cc(Br)c(NC(=O)C2CSC(=O)N2)cc1Cl. The van der Waals surface area contributed by atoms with E-state index in [0.717, 1.165) is 21.8 Å². The van der Waals surface area contributed by atoms with Crippen LogP contribution in [-0.2, 0) is 4.79 Å². The maximum Gasteiger partial charge on any atom is 0.279 e. The number of rotatable bonds is 2. The third-order valence-electron chi connectivity index (χ3n) is 2.50.